The smallest absolute Gasteiger partial charge is 0.255 e. The van der Waals surface area contributed by atoms with Crippen molar-refractivity contribution in [1.82, 2.24) is 10.6 Å². The summed E-state index contributed by atoms with van der Waals surface area (Å²) in [5, 5.41) is 7.50. The van der Waals surface area contributed by atoms with E-state index in [4.69, 9.17) is 27.1 Å². The predicted molar refractivity (Wildman–Crippen MR) is 121 cm³/mol. The first-order valence-electron chi connectivity index (χ1n) is 10.3. The number of nitrogens with zero attached hydrogens (tertiary/aromatic N) is 1. The van der Waals surface area contributed by atoms with Crippen molar-refractivity contribution >= 4 is 23.5 Å². The Labute approximate surface area is 182 Å². The predicted octanol–water partition coefficient (Wildman–Crippen LogP) is 3.03. The molecular formula is C23H29ClN4O2. The lowest BCUT2D eigenvalue weighted by atomic mass is 9.96. The number of primary amides is 1. The van der Waals surface area contributed by atoms with E-state index in [1.54, 1.807) is 0 Å². The van der Waals surface area contributed by atoms with Gasteiger partial charge in [-0.15, -0.1) is 0 Å². The molecule has 160 valence electrons. The van der Waals surface area contributed by atoms with Crippen LogP contribution in [0.3, 0.4) is 0 Å². The number of halogens is 1. The average molecular weight is 429 g/mol. The summed E-state index contributed by atoms with van der Waals surface area (Å²) >= 11 is 6.17. The van der Waals surface area contributed by atoms with E-state index in [9.17, 15) is 4.79 Å². The second-order valence-corrected chi connectivity index (χ2v) is 8.00. The Morgan fingerprint density at radius 3 is 2.60 bits per heavy atom. The van der Waals surface area contributed by atoms with Crippen molar-refractivity contribution in [2.45, 2.75) is 31.6 Å². The first-order chi connectivity index (χ1) is 14.5. The summed E-state index contributed by atoms with van der Waals surface area (Å²) in [6.45, 7) is 4.26. The first kappa shape index (κ1) is 22.0. The van der Waals surface area contributed by atoms with Crippen molar-refractivity contribution in [3.63, 3.8) is 0 Å². The van der Waals surface area contributed by atoms with Gasteiger partial charge in [0.1, 0.15) is 5.75 Å². The number of amides is 1. The van der Waals surface area contributed by atoms with Crippen molar-refractivity contribution in [2.24, 2.45) is 10.7 Å². The Bertz CT molecular complexity index is 879. The van der Waals surface area contributed by atoms with Crippen LogP contribution in [0.25, 0.3) is 0 Å². The van der Waals surface area contributed by atoms with Crippen molar-refractivity contribution in [3.8, 4) is 5.75 Å². The molecule has 2 aromatic rings. The Morgan fingerprint density at radius 1 is 1.20 bits per heavy atom. The number of ether oxygens (including phenoxy) is 1. The molecule has 1 fully saturated rings. The largest absolute Gasteiger partial charge is 0.484 e. The molecule has 1 amide bonds. The zero-order valence-electron chi connectivity index (χ0n) is 17.3. The van der Waals surface area contributed by atoms with Gasteiger partial charge in [0.2, 0.25) is 0 Å². The summed E-state index contributed by atoms with van der Waals surface area (Å²) < 4.78 is 5.28. The van der Waals surface area contributed by atoms with Crippen molar-refractivity contribution in [1.29, 1.82) is 0 Å². The van der Waals surface area contributed by atoms with Gasteiger partial charge in [-0.3, -0.25) is 9.79 Å². The van der Waals surface area contributed by atoms with Crippen LogP contribution in [-0.4, -0.2) is 38.1 Å². The van der Waals surface area contributed by atoms with Crippen LogP contribution in [0.5, 0.6) is 5.75 Å². The van der Waals surface area contributed by atoms with E-state index in [1.165, 1.54) is 11.1 Å². The highest BCUT2D eigenvalue weighted by Gasteiger charge is 2.44. The van der Waals surface area contributed by atoms with Gasteiger partial charge in [0.15, 0.2) is 12.6 Å². The van der Waals surface area contributed by atoms with Gasteiger partial charge in [-0.05, 0) is 61.6 Å². The molecule has 0 radical (unpaired) electrons. The summed E-state index contributed by atoms with van der Waals surface area (Å²) in [4.78, 5) is 15.6. The van der Waals surface area contributed by atoms with Crippen molar-refractivity contribution < 1.29 is 9.53 Å². The number of aliphatic imine (C=N–C) groups is 1. The first-order valence-corrected chi connectivity index (χ1v) is 10.7. The minimum absolute atomic E-state index is 0.111. The third-order valence-corrected chi connectivity index (χ3v) is 5.42. The van der Waals surface area contributed by atoms with Crippen molar-refractivity contribution in [2.75, 3.05) is 26.2 Å². The van der Waals surface area contributed by atoms with Gasteiger partial charge in [0.05, 0.1) is 6.54 Å². The Kier molecular flexibility index (Phi) is 7.57. The number of carbonyl (C=O) groups excluding carboxylic acids is 1. The zero-order chi connectivity index (χ0) is 21.4. The molecule has 0 spiro atoms. The molecule has 1 aliphatic carbocycles. The minimum Gasteiger partial charge on any atom is -0.484 e. The molecule has 7 heteroatoms. The normalized spacial score (nSPS) is 14.8. The van der Waals surface area contributed by atoms with E-state index in [2.05, 4.69) is 29.7 Å². The highest BCUT2D eigenvalue weighted by molar-refractivity contribution is 6.30. The van der Waals surface area contributed by atoms with Gasteiger partial charge in [-0.25, -0.2) is 0 Å². The van der Waals surface area contributed by atoms with Crippen LogP contribution in [0.4, 0.5) is 0 Å². The summed E-state index contributed by atoms with van der Waals surface area (Å²) in [6.07, 6.45) is 3.13. The molecule has 0 atom stereocenters. The standard InChI is InChI=1S/C23H29ClN4O2/c1-2-26-22(28-16-23(11-12-23)18-4-3-5-19(24)14-18)27-13-10-17-6-8-20(9-7-17)30-15-21(25)29/h3-9,14H,2,10-13,15-16H2,1H3,(H2,25,29)(H2,26,27,28). The van der Waals surface area contributed by atoms with Crippen molar-refractivity contribution in [3.05, 3.63) is 64.7 Å². The van der Waals surface area contributed by atoms with E-state index in [0.717, 1.165) is 49.9 Å². The van der Waals surface area contributed by atoms with Crippen LogP contribution in [0, 0.1) is 0 Å². The lowest BCUT2D eigenvalue weighted by Gasteiger charge is -2.16. The lowest BCUT2D eigenvalue weighted by molar-refractivity contribution is -0.119. The second-order valence-electron chi connectivity index (χ2n) is 7.56. The van der Waals surface area contributed by atoms with Crippen LogP contribution >= 0.6 is 11.6 Å². The molecule has 0 bridgehead atoms. The lowest BCUT2D eigenvalue weighted by Crippen LogP contribution is -2.39. The number of nitrogens with one attached hydrogen (secondary N) is 2. The summed E-state index contributed by atoms with van der Waals surface area (Å²) in [5.41, 5.74) is 7.65. The number of hydrogen-bond donors (Lipinski definition) is 3. The molecule has 1 saturated carbocycles. The summed E-state index contributed by atoms with van der Waals surface area (Å²) in [6, 6.07) is 15.8. The van der Waals surface area contributed by atoms with Gasteiger partial charge in [0, 0.05) is 23.5 Å². The summed E-state index contributed by atoms with van der Waals surface area (Å²) in [7, 11) is 0. The van der Waals surface area contributed by atoms with Gasteiger partial charge in [0.25, 0.3) is 5.91 Å². The minimum atomic E-state index is -0.484. The number of benzene rings is 2. The molecule has 0 saturated heterocycles. The van der Waals surface area contributed by atoms with Crippen LogP contribution in [0.15, 0.2) is 53.5 Å². The van der Waals surface area contributed by atoms with Crippen LogP contribution in [0.1, 0.15) is 30.9 Å². The monoisotopic (exact) mass is 428 g/mol. The maximum atomic E-state index is 10.8. The van der Waals surface area contributed by atoms with E-state index in [1.807, 2.05) is 36.4 Å². The number of rotatable bonds is 10. The average Bonchev–Trinajstić information content (AvgIpc) is 3.53. The van der Waals surface area contributed by atoms with E-state index < -0.39 is 5.91 Å². The highest BCUT2D eigenvalue weighted by Crippen LogP contribution is 2.48. The molecule has 0 aromatic heterocycles. The Balaban J connectivity index is 1.51. The molecule has 0 aliphatic heterocycles. The molecule has 1 aliphatic rings. The SMILES string of the molecule is CCNC(=NCC1(c2cccc(Cl)c2)CC1)NCCc1ccc(OCC(N)=O)cc1. The quantitative estimate of drug-likeness (QED) is 0.401. The Morgan fingerprint density at radius 2 is 1.97 bits per heavy atom. The van der Waals surface area contributed by atoms with Crippen LogP contribution < -0.4 is 21.1 Å². The number of hydrogen-bond acceptors (Lipinski definition) is 3. The fourth-order valence-electron chi connectivity index (χ4n) is 3.31. The van der Waals surface area contributed by atoms with Gasteiger partial charge >= 0.3 is 0 Å². The fraction of sp³-hybridized carbons (Fsp3) is 0.391. The van der Waals surface area contributed by atoms with E-state index in [-0.39, 0.29) is 12.0 Å². The molecule has 0 heterocycles. The number of guanidine groups is 1. The Hall–Kier alpha value is -2.73. The van der Waals surface area contributed by atoms with Gasteiger partial charge in [-0.2, -0.15) is 0 Å². The molecule has 0 unspecified atom stereocenters. The van der Waals surface area contributed by atoms with E-state index in [0.29, 0.717) is 5.75 Å². The molecule has 2 aromatic carbocycles. The topological polar surface area (TPSA) is 88.7 Å². The van der Waals surface area contributed by atoms with Gasteiger partial charge in [-0.1, -0.05) is 35.9 Å². The third kappa shape index (κ3) is 6.39. The maximum Gasteiger partial charge on any atom is 0.255 e. The molecule has 6 nitrogen and oxygen atoms in total. The molecule has 4 N–H and O–H groups in total. The van der Waals surface area contributed by atoms with Crippen LogP contribution in [0.2, 0.25) is 5.02 Å². The summed E-state index contributed by atoms with van der Waals surface area (Å²) in [5.74, 6) is 0.977. The third-order valence-electron chi connectivity index (χ3n) is 5.19. The van der Waals surface area contributed by atoms with E-state index >= 15 is 0 Å². The molecular weight excluding hydrogens is 400 g/mol. The highest BCUT2D eigenvalue weighted by atomic mass is 35.5. The molecule has 3 rings (SSSR count). The number of nitrogens with two attached hydrogens (primary N) is 1. The zero-order valence-corrected chi connectivity index (χ0v) is 18.0. The second kappa shape index (κ2) is 10.3. The fourth-order valence-corrected chi connectivity index (χ4v) is 3.50. The van der Waals surface area contributed by atoms with Crippen LogP contribution in [-0.2, 0) is 16.6 Å². The molecule has 30 heavy (non-hydrogen) atoms. The van der Waals surface area contributed by atoms with Gasteiger partial charge < -0.3 is 21.1 Å². The number of carbonyl (C=O) groups is 1. The maximum absolute atomic E-state index is 10.8.